The maximum atomic E-state index is 11.7. The van der Waals surface area contributed by atoms with Gasteiger partial charge < -0.3 is 0 Å². The molecule has 0 aromatic carbocycles. The van der Waals surface area contributed by atoms with E-state index >= 15 is 0 Å². The van der Waals surface area contributed by atoms with Crippen molar-refractivity contribution in [3.8, 4) is 0 Å². The number of hydrogen-bond acceptors (Lipinski definition) is 3. The third-order valence-corrected chi connectivity index (χ3v) is 3.53. The summed E-state index contributed by atoms with van der Waals surface area (Å²) in [6.45, 7) is 0. The van der Waals surface area contributed by atoms with E-state index in [0.717, 1.165) is 9.35 Å². The Morgan fingerprint density at radius 3 is 3.00 bits per heavy atom. The standard InChI is InChI=1S/C11H9BrN2OS/c1-14-6-9(5-13-14)10(15)3-2-8-4-11(12)16-7-8/h2-7H,1H3. The van der Waals surface area contributed by atoms with E-state index in [0.29, 0.717) is 5.56 Å². The van der Waals surface area contributed by atoms with E-state index in [1.165, 1.54) is 0 Å². The van der Waals surface area contributed by atoms with Gasteiger partial charge in [-0.05, 0) is 39.0 Å². The largest absolute Gasteiger partial charge is 0.289 e. The van der Waals surface area contributed by atoms with E-state index in [1.807, 2.05) is 11.4 Å². The SMILES string of the molecule is Cn1cc(C(=O)C=Cc2csc(Br)c2)cn1. The zero-order valence-electron chi connectivity index (χ0n) is 8.55. The first kappa shape index (κ1) is 11.3. The first-order valence-electron chi connectivity index (χ1n) is 4.60. The Labute approximate surface area is 106 Å². The van der Waals surface area contributed by atoms with Crippen molar-refractivity contribution in [3.63, 3.8) is 0 Å². The van der Waals surface area contributed by atoms with E-state index < -0.39 is 0 Å². The predicted octanol–water partition coefficient (Wildman–Crippen LogP) is 3.14. The number of hydrogen-bond donors (Lipinski definition) is 0. The van der Waals surface area contributed by atoms with Gasteiger partial charge in [0.05, 0.1) is 15.5 Å². The number of rotatable bonds is 3. The fourth-order valence-electron chi connectivity index (χ4n) is 1.23. The highest BCUT2D eigenvalue weighted by Crippen LogP contribution is 2.21. The smallest absolute Gasteiger partial charge is 0.189 e. The van der Waals surface area contributed by atoms with Crippen LogP contribution >= 0.6 is 27.3 Å². The highest BCUT2D eigenvalue weighted by atomic mass is 79.9. The summed E-state index contributed by atoms with van der Waals surface area (Å²) in [5, 5.41) is 5.94. The molecular weight excluding hydrogens is 288 g/mol. The van der Waals surface area contributed by atoms with Gasteiger partial charge in [-0.2, -0.15) is 5.10 Å². The number of nitrogens with zero attached hydrogens (tertiary/aromatic N) is 2. The molecule has 0 fully saturated rings. The molecule has 0 aliphatic rings. The van der Waals surface area contributed by atoms with E-state index in [1.54, 1.807) is 47.6 Å². The van der Waals surface area contributed by atoms with Crippen molar-refractivity contribution in [1.29, 1.82) is 0 Å². The normalized spacial score (nSPS) is 11.1. The van der Waals surface area contributed by atoms with Crippen molar-refractivity contribution in [2.75, 3.05) is 0 Å². The molecule has 0 radical (unpaired) electrons. The van der Waals surface area contributed by atoms with Crippen LogP contribution in [0.2, 0.25) is 0 Å². The Morgan fingerprint density at radius 1 is 1.62 bits per heavy atom. The Hall–Kier alpha value is -1.20. The number of carbonyl (C=O) groups is 1. The van der Waals surface area contributed by atoms with Gasteiger partial charge in [0.1, 0.15) is 0 Å². The second-order valence-corrected chi connectivity index (χ2v) is 5.57. The number of aryl methyl sites for hydroxylation is 1. The van der Waals surface area contributed by atoms with E-state index in [2.05, 4.69) is 21.0 Å². The summed E-state index contributed by atoms with van der Waals surface area (Å²) in [5.41, 5.74) is 1.63. The summed E-state index contributed by atoms with van der Waals surface area (Å²) in [6.07, 6.45) is 6.63. The average molecular weight is 297 g/mol. The van der Waals surface area contributed by atoms with Gasteiger partial charge in [-0.25, -0.2) is 0 Å². The number of ketones is 1. The van der Waals surface area contributed by atoms with Gasteiger partial charge in [-0.3, -0.25) is 9.48 Å². The summed E-state index contributed by atoms with van der Waals surface area (Å²) >= 11 is 4.97. The number of allylic oxidation sites excluding steroid dienone is 1. The average Bonchev–Trinajstić information content (AvgIpc) is 2.84. The number of halogens is 1. The van der Waals surface area contributed by atoms with Crippen LogP contribution in [0.3, 0.4) is 0 Å². The van der Waals surface area contributed by atoms with Crippen molar-refractivity contribution < 1.29 is 4.79 Å². The molecule has 16 heavy (non-hydrogen) atoms. The second-order valence-electron chi connectivity index (χ2n) is 3.28. The Kier molecular flexibility index (Phi) is 3.36. The van der Waals surface area contributed by atoms with Crippen molar-refractivity contribution in [3.05, 3.63) is 44.8 Å². The van der Waals surface area contributed by atoms with E-state index in [9.17, 15) is 4.79 Å². The molecule has 2 aromatic heterocycles. The fraction of sp³-hybridized carbons (Fsp3) is 0.0909. The first-order valence-corrected chi connectivity index (χ1v) is 6.27. The maximum Gasteiger partial charge on any atom is 0.189 e. The van der Waals surface area contributed by atoms with Crippen molar-refractivity contribution in [1.82, 2.24) is 9.78 Å². The molecule has 2 rings (SSSR count). The topological polar surface area (TPSA) is 34.9 Å². The van der Waals surface area contributed by atoms with Gasteiger partial charge in [0, 0.05) is 13.2 Å². The molecule has 0 amide bonds. The first-order chi connectivity index (χ1) is 7.65. The summed E-state index contributed by atoms with van der Waals surface area (Å²) in [6, 6.07) is 1.97. The van der Waals surface area contributed by atoms with Crippen LogP contribution in [0.25, 0.3) is 6.08 Å². The predicted molar refractivity (Wildman–Crippen MR) is 68.6 cm³/mol. The van der Waals surface area contributed by atoms with Crippen LogP contribution in [0.15, 0.2) is 33.7 Å². The van der Waals surface area contributed by atoms with Crippen molar-refractivity contribution in [2.45, 2.75) is 0 Å². The van der Waals surface area contributed by atoms with Gasteiger partial charge >= 0.3 is 0 Å². The van der Waals surface area contributed by atoms with Crippen LogP contribution in [-0.4, -0.2) is 15.6 Å². The highest BCUT2D eigenvalue weighted by molar-refractivity contribution is 9.11. The van der Waals surface area contributed by atoms with Crippen molar-refractivity contribution in [2.24, 2.45) is 7.05 Å². The van der Waals surface area contributed by atoms with Gasteiger partial charge in [-0.1, -0.05) is 6.08 Å². The zero-order valence-corrected chi connectivity index (χ0v) is 11.0. The van der Waals surface area contributed by atoms with Crippen LogP contribution < -0.4 is 0 Å². The molecule has 0 saturated carbocycles. The molecule has 5 heteroatoms. The summed E-state index contributed by atoms with van der Waals surface area (Å²) in [4.78, 5) is 11.7. The molecular formula is C11H9BrN2OS. The van der Waals surface area contributed by atoms with Crippen LogP contribution in [0.5, 0.6) is 0 Å². The molecule has 0 aliphatic carbocycles. The van der Waals surface area contributed by atoms with Crippen LogP contribution in [0.4, 0.5) is 0 Å². The second kappa shape index (κ2) is 4.76. The lowest BCUT2D eigenvalue weighted by Gasteiger charge is -1.87. The van der Waals surface area contributed by atoms with E-state index in [-0.39, 0.29) is 5.78 Å². The Morgan fingerprint density at radius 2 is 2.44 bits per heavy atom. The van der Waals surface area contributed by atoms with Gasteiger partial charge in [0.2, 0.25) is 0 Å². The molecule has 0 atom stereocenters. The number of carbonyl (C=O) groups excluding carboxylic acids is 1. The quantitative estimate of drug-likeness (QED) is 0.644. The lowest BCUT2D eigenvalue weighted by molar-refractivity contribution is 0.104. The molecule has 0 bridgehead atoms. The molecule has 0 N–H and O–H groups in total. The molecule has 0 spiro atoms. The van der Waals surface area contributed by atoms with Gasteiger partial charge in [-0.15, -0.1) is 11.3 Å². The summed E-state index contributed by atoms with van der Waals surface area (Å²) in [7, 11) is 1.79. The van der Waals surface area contributed by atoms with Gasteiger partial charge in [0.15, 0.2) is 5.78 Å². The minimum atomic E-state index is -0.0320. The Bertz CT molecular complexity index is 542. The fourth-order valence-corrected chi connectivity index (χ4v) is 2.37. The lowest BCUT2D eigenvalue weighted by Crippen LogP contribution is -1.91. The summed E-state index contributed by atoms with van der Waals surface area (Å²) < 4.78 is 2.67. The van der Waals surface area contributed by atoms with Crippen molar-refractivity contribution >= 4 is 39.1 Å². The third kappa shape index (κ3) is 2.68. The molecule has 0 unspecified atom stereocenters. The van der Waals surface area contributed by atoms with Crippen LogP contribution in [0, 0.1) is 0 Å². The molecule has 0 saturated heterocycles. The molecule has 0 aliphatic heterocycles. The zero-order chi connectivity index (χ0) is 11.5. The number of aromatic nitrogens is 2. The molecule has 82 valence electrons. The minimum Gasteiger partial charge on any atom is -0.289 e. The van der Waals surface area contributed by atoms with E-state index in [4.69, 9.17) is 0 Å². The van der Waals surface area contributed by atoms with Gasteiger partial charge in [0.25, 0.3) is 0 Å². The van der Waals surface area contributed by atoms with Crippen LogP contribution in [-0.2, 0) is 7.05 Å². The third-order valence-electron chi connectivity index (χ3n) is 2.00. The lowest BCUT2D eigenvalue weighted by atomic mass is 10.2. The highest BCUT2D eigenvalue weighted by Gasteiger charge is 2.03. The molecule has 2 aromatic rings. The summed E-state index contributed by atoms with van der Waals surface area (Å²) in [5.74, 6) is -0.0320. The van der Waals surface area contributed by atoms with Crippen LogP contribution in [0.1, 0.15) is 15.9 Å². The number of thiophene rings is 1. The molecule has 3 nitrogen and oxygen atoms in total. The minimum absolute atomic E-state index is 0.0320. The monoisotopic (exact) mass is 296 g/mol. The maximum absolute atomic E-state index is 11.7. The Balaban J connectivity index is 2.10. The molecule has 2 heterocycles.